The van der Waals surface area contributed by atoms with Gasteiger partial charge in [-0.2, -0.15) is 4.98 Å². The Bertz CT molecular complexity index is 510. The Morgan fingerprint density at radius 2 is 2.15 bits per heavy atom. The van der Waals surface area contributed by atoms with Gasteiger partial charge in [0.1, 0.15) is 6.26 Å². The van der Waals surface area contributed by atoms with Crippen molar-refractivity contribution in [3.8, 4) is 0 Å². The molecular weight excluding hydrogens is 252 g/mol. The van der Waals surface area contributed by atoms with Gasteiger partial charge in [0.15, 0.2) is 0 Å². The number of pyridine rings is 1. The lowest BCUT2D eigenvalue weighted by molar-refractivity contribution is 0.540. The molecule has 0 aliphatic carbocycles. The lowest BCUT2D eigenvalue weighted by Gasteiger charge is -2.13. The summed E-state index contributed by atoms with van der Waals surface area (Å²) in [5, 5.41) is 3.32. The molecule has 2 aromatic rings. The van der Waals surface area contributed by atoms with E-state index in [0.29, 0.717) is 12.1 Å². The molecule has 0 bridgehead atoms. The highest BCUT2D eigenvalue weighted by Crippen LogP contribution is 2.12. The fraction of sp³-hybridized carbons (Fsp3) is 0.467. The number of likely N-dealkylation sites (N-methyl/N-ethyl adjacent to an activating group) is 1. The van der Waals surface area contributed by atoms with E-state index in [2.05, 4.69) is 29.1 Å². The van der Waals surface area contributed by atoms with Crippen LogP contribution in [-0.4, -0.2) is 29.6 Å². The Morgan fingerprint density at radius 3 is 2.85 bits per heavy atom. The quantitative estimate of drug-likeness (QED) is 0.839. The first kappa shape index (κ1) is 14.5. The molecule has 0 spiro atoms. The minimum atomic E-state index is 0.442. The molecule has 2 heterocycles. The third-order valence-corrected chi connectivity index (χ3v) is 2.99. The van der Waals surface area contributed by atoms with E-state index in [4.69, 9.17) is 4.42 Å². The van der Waals surface area contributed by atoms with Gasteiger partial charge < -0.3 is 14.6 Å². The Kier molecular flexibility index (Phi) is 5.12. The average molecular weight is 274 g/mol. The van der Waals surface area contributed by atoms with E-state index in [1.807, 2.05) is 36.3 Å². The third kappa shape index (κ3) is 4.35. The molecular formula is C15H22N4O. The Hall–Kier alpha value is -1.88. The molecule has 0 aliphatic rings. The molecule has 0 unspecified atom stereocenters. The third-order valence-electron chi connectivity index (χ3n) is 2.99. The number of nitrogens with one attached hydrogen (secondary N) is 1. The van der Waals surface area contributed by atoms with Gasteiger partial charge in [-0.25, -0.2) is 0 Å². The van der Waals surface area contributed by atoms with Crippen LogP contribution in [0.4, 0.5) is 6.01 Å². The number of nitrogens with zero attached hydrogens (tertiary/aromatic N) is 3. The average Bonchev–Trinajstić information content (AvgIpc) is 2.92. The first-order chi connectivity index (χ1) is 9.65. The van der Waals surface area contributed by atoms with Gasteiger partial charge in [-0.1, -0.05) is 19.9 Å². The summed E-state index contributed by atoms with van der Waals surface area (Å²) in [4.78, 5) is 10.8. The minimum Gasteiger partial charge on any atom is -0.432 e. The van der Waals surface area contributed by atoms with Crippen LogP contribution in [0.1, 0.15) is 25.2 Å². The molecule has 0 atom stereocenters. The van der Waals surface area contributed by atoms with E-state index >= 15 is 0 Å². The Balaban J connectivity index is 1.84. The first-order valence-electron chi connectivity index (χ1n) is 6.94. The van der Waals surface area contributed by atoms with Crippen molar-refractivity contribution >= 4 is 6.01 Å². The molecule has 20 heavy (non-hydrogen) atoms. The number of oxazole rings is 1. The van der Waals surface area contributed by atoms with Crippen molar-refractivity contribution in [2.75, 3.05) is 18.5 Å². The summed E-state index contributed by atoms with van der Waals surface area (Å²) < 4.78 is 5.50. The van der Waals surface area contributed by atoms with Crippen molar-refractivity contribution in [3.63, 3.8) is 0 Å². The zero-order chi connectivity index (χ0) is 14.4. The standard InChI is InChI=1S/C15H22N4O/c1-12(2)17-10-14-11-20-15(18-14)19(3)9-7-13-6-4-5-8-16-13/h4-6,8,11-12,17H,7,9-10H2,1-3H3. The van der Waals surface area contributed by atoms with E-state index in [-0.39, 0.29) is 0 Å². The molecule has 1 N–H and O–H groups in total. The second kappa shape index (κ2) is 7.05. The van der Waals surface area contributed by atoms with Crippen LogP contribution in [0.15, 0.2) is 35.1 Å². The van der Waals surface area contributed by atoms with E-state index in [1.165, 1.54) is 0 Å². The van der Waals surface area contributed by atoms with Crippen LogP contribution >= 0.6 is 0 Å². The Labute approximate surface area is 120 Å². The van der Waals surface area contributed by atoms with Crippen LogP contribution in [0.2, 0.25) is 0 Å². The van der Waals surface area contributed by atoms with Crippen LogP contribution in [0.3, 0.4) is 0 Å². The first-order valence-corrected chi connectivity index (χ1v) is 6.94. The van der Waals surface area contributed by atoms with Crippen LogP contribution < -0.4 is 10.2 Å². The maximum Gasteiger partial charge on any atom is 0.297 e. The summed E-state index contributed by atoms with van der Waals surface area (Å²) in [6.07, 6.45) is 4.40. The number of aromatic nitrogens is 2. The number of rotatable bonds is 7. The van der Waals surface area contributed by atoms with E-state index < -0.39 is 0 Å². The molecule has 0 amide bonds. The topological polar surface area (TPSA) is 54.2 Å². The van der Waals surface area contributed by atoms with Crippen molar-refractivity contribution < 1.29 is 4.42 Å². The van der Waals surface area contributed by atoms with Crippen molar-refractivity contribution in [2.45, 2.75) is 32.9 Å². The predicted molar refractivity (Wildman–Crippen MR) is 79.7 cm³/mol. The highest BCUT2D eigenvalue weighted by Gasteiger charge is 2.09. The zero-order valence-corrected chi connectivity index (χ0v) is 12.3. The molecule has 2 rings (SSSR count). The fourth-order valence-corrected chi connectivity index (χ4v) is 1.79. The molecule has 0 aliphatic heterocycles. The summed E-state index contributed by atoms with van der Waals surface area (Å²) in [6, 6.07) is 7.05. The van der Waals surface area contributed by atoms with Gasteiger partial charge in [0.2, 0.25) is 0 Å². The lowest BCUT2D eigenvalue weighted by atomic mass is 10.2. The summed E-state index contributed by atoms with van der Waals surface area (Å²) >= 11 is 0. The summed E-state index contributed by atoms with van der Waals surface area (Å²) in [5.74, 6) is 0. The molecule has 0 saturated carbocycles. The normalized spacial score (nSPS) is 11.0. The van der Waals surface area contributed by atoms with Gasteiger partial charge in [-0.15, -0.1) is 0 Å². The second-order valence-electron chi connectivity index (χ2n) is 5.15. The maximum absolute atomic E-state index is 5.50. The fourth-order valence-electron chi connectivity index (χ4n) is 1.79. The van der Waals surface area contributed by atoms with Gasteiger partial charge in [0, 0.05) is 44.5 Å². The van der Waals surface area contributed by atoms with E-state index in [9.17, 15) is 0 Å². The lowest BCUT2D eigenvalue weighted by Crippen LogP contribution is -2.23. The van der Waals surface area contributed by atoms with Crippen molar-refractivity contribution in [1.82, 2.24) is 15.3 Å². The molecule has 5 nitrogen and oxygen atoms in total. The van der Waals surface area contributed by atoms with Crippen molar-refractivity contribution in [3.05, 3.63) is 42.0 Å². The van der Waals surface area contributed by atoms with Crippen LogP contribution in [0, 0.1) is 0 Å². The minimum absolute atomic E-state index is 0.442. The van der Waals surface area contributed by atoms with E-state index in [0.717, 1.165) is 30.9 Å². The van der Waals surface area contributed by atoms with Gasteiger partial charge in [0.25, 0.3) is 6.01 Å². The van der Waals surface area contributed by atoms with Gasteiger partial charge >= 0.3 is 0 Å². The van der Waals surface area contributed by atoms with Crippen LogP contribution in [0.25, 0.3) is 0 Å². The zero-order valence-electron chi connectivity index (χ0n) is 12.3. The molecule has 0 fully saturated rings. The smallest absolute Gasteiger partial charge is 0.297 e. The summed E-state index contributed by atoms with van der Waals surface area (Å²) in [6.45, 7) is 5.78. The predicted octanol–water partition coefficient (Wildman–Crippen LogP) is 2.25. The Morgan fingerprint density at radius 1 is 1.30 bits per heavy atom. The molecule has 0 aromatic carbocycles. The largest absolute Gasteiger partial charge is 0.432 e. The number of hydrogen-bond donors (Lipinski definition) is 1. The maximum atomic E-state index is 5.50. The van der Waals surface area contributed by atoms with E-state index in [1.54, 1.807) is 6.26 Å². The SMILES string of the molecule is CC(C)NCc1coc(N(C)CCc2ccccn2)n1. The summed E-state index contributed by atoms with van der Waals surface area (Å²) in [5.41, 5.74) is 2.01. The van der Waals surface area contributed by atoms with Crippen molar-refractivity contribution in [1.29, 1.82) is 0 Å². The summed E-state index contributed by atoms with van der Waals surface area (Å²) in [7, 11) is 1.98. The molecule has 0 radical (unpaired) electrons. The van der Waals surface area contributed by atoms with Crippen LogP contribution in [0.5, 0.6) is 0 Å². The van der Waals surface area contributed by atoms with Gasteiger partial charge in [-0.05, 0) is 12.1 Å². The molecule has 5 heteroatoms. The monoisotopic (exact) mass is 274 g/mol. The molecule has 0 saturated heterocycles. The van der Waals surface area contributed by atoms with Gasteiger partial charge in [0.05, 0.1) is 5.69 Å². The van der Waals surface area contributed by atoms with Crippen molar-refractivity contribution in [2.24, 2.45) is 0 Å². The number of anilines is 1. The molecule has 108 valence electrons. The highest BCUT2D eigenvalue weighted by molar-refractivity contribution is 5.25. The number of hydrogen-bond acceptors (Lipinski definition) is 5. The van der Waals surface area contributed by atoms with Gasteiger partial charge in [-0.3, -0.25) is 4.98 Å². The highest BCUT2D eigenvalue weighted by atomic mass is 16.4. The second-order valence-corrected chi connectivity index (χ2v) is 5.15. The van der Waals surface area contributed by atoms with Crippen LogP contribution in [-0.2, 0) is 13.0 Å². The molecule has 2 aromatic heterocycles.